The summed E-state index contributed by atoms with van der Waals surface area (Å²) in [5.41, 5.74) is 0. The zero-order chi connectivity index (χ0) is 20.3. The second kappa shape index (κ2) is 18.2. The van der Waals surface area contributed by atoms with Crippen LogP contribution in [0.5, 0.6) is 0 Å². The van der Waals surface area contributed by atoms with Gasteiger partial charge in [0, 0.05) is 0 Å². The lowest BCUT2D eigenvalue weighted by molar-refractivity contribution is -0.929. The second-order valence-electron chi connectivity index (χ2n) is 7.33. The lowest BCUT2D eigenvalue weighted by Crippen LogP contribution is -2.50. The molecule has 0 aromatic heterocycles. The van der Waals surface area contributed by atoms with Crippen molar-refractivity contribution in [3.05, 3.63) is 0 Å². The number of halogens is 1. The summed E-state index contributed by atoms with van der Waals surface area (Å²) in [6.07, 6.45) is 12.2. The first-order valence-corrected chi connectivity index (χ1v) is 12.3. The molecule has 26 heavy (non-hydrogen) atoms. The molecule has 0 amide bonds. The summed E-state index contributed by atoms with van der Waals surface area (Å²) in [5.74, 6) is -0.236. The van der Waals surface area contributed by atoms with Crippen LogP contribution in [-0.4, -0.2) is 44.8 Å². The van der Waals surface area contributed by atoms with E-state index in [0.717, 1.165) is 0 Å². The average Bonchev–Trinajstić information content (AvgIpc) is 2.66. The fourth-order valence-electron chi connectivity index (χ4n) is 3.00. The summed E-state index contributed by atoms with van der Waals surface area (Å²) in [7, 11) is -3.85. The fraction of sp³-hybridized carbons (Fsp3) is 1.00. The largest absolute Gasteiger partial charge is 0.324 e. The number of quaternary nitrogens is 1. The third-order valence-electron chi connectivity index (χ3n) is 4.79. The third kappa shape index (κ3) is 16.0. The van der Waals surface area contributed by atoms with E-state index in [-0.39, 0.29) is 5.75 Å². The number of unbranched alkanes of at least 4 members (excludes halogenated alkanes) is 5. The minimum absolute atomic E-state index is 0.236. The van der Waals surface area contributed by atoms with Crippen LogP contribution in [0.1, 0.15) is 98.8 Å². The monoisotopic (exact) mass is 398 g/mol. The van der Waals surface area contributed by atoms with Crippen molar-refractivity contribution in [2.24, 2.45) is 0 Å². The topological polar surface area (TPSA) is 43.4 Å². The van der Waals surface area contributed by atoms with Gasteiger partial charge in [0.1, 0.15) is 0 Å². The lowest BCUT2D eigenvalue weighted by Gasteiger charge is -2.39. The van der Waals surface area contributed by atoms with Crippen LogP contribution in [0.25, 0.3) is 0 Å². The van der Waals surface area contributed by atoms with Gasteiger partial charge in [-0.15, -0.1) is 0 Å². The summed E-state index contributed by atoms with van der Waals surface area (Å²) >= 11 is 0. The van der Waals surface area contributed by atoms with Crippen molar-refractivity contribution < 1.29 is 21.8 Å². The summed E-state index contributed by atoms with van der Waals surface area (Å²) in [6, 6.07) is 0. The molecule has 6 heteroatoms. The van der Waals surface area contributed by atoms with Crippen molar-refractivity contribution in [3.63, 3.8) is 0 Å². The van der Waals surface area contributed by atoms with Crippen LogP contribution in [-0.2, 0) is 14.5 Å². The van der Waals surface area contributed by atoms with E-state index in [1.54, 1.807) is 0 Å². The van der Waals surface area contributed by atoms with Gasteiger partial charge in [0.25, 0.3) is 10.1 Å². The van der Waals surface area contributed by atoms with Crippen LogP contribution in [0.3, 0.4) is 0 Å². The second-order valence-corrected chi connectivity index (χ2v) is 8.98. The minimum Gasteiger partial charge on any atom is -0.324 e. The molecule has 0 N–H and O–H groups in total. The molecule has 0 atom stereocenters. The Morgan fingerprint density at radius 3 is 1.19 bits per heavy atom. The molecule has 0 unspecified atom stereocenters. The molecule has 0 aliphatic heterocycles. The Balaban J connectivity index is 0. The molecule has 0 spiro atoms. The first-order chi connectivity index (χ1) is 12.4. The van der Waals surface area contributed by atoms with Crippen LogP contribution in [0.4, 0.5) is 4.53 Å². The molecule has 0 aromatic rings. The molecule has 0 aliphatic rings. The molecule has 160 valence electrons. The van der Waals surface area contributed by atoms with E-state index in [4.69, 9.17) is 0 Å². The van der Waals surface area contributed by atoms with Crippen molar-refractivity contribution >= 4 is 10.1 Å². The normalized spacial score (nSPS) is 11.9. The van der Waals surface area contributed by atoms with Gasteiger partial charge in [-0.05, 0) is 36.6 Å². The predicted molar refractivity (Wildman–Crippen MR) is 110 cm³/mol. The number of hydrogen-bond donors (Lipinski definition) is 0. The highest BCUT2D eigenvalue weighted by Crippen LogP contribution is 2.16. The molecule has 4 nitrogen and oxygen atoms in total. The Kier molecular flexibility index (Phi) is 19.6. The Labute approximate surface area is 163 Å². The number of nitrogens with zero attached hydrogens (tertiary/aromatic N) is 1. The van der Waals surface area contributed by atoms with Gasteiger partial charge in [0.05, 0.1) is 31.9 Å². The highest BCUT2D eigenvalue weighted by Gasteiger charge is 2.24. The molecule has 0 saturated heterocycles. The number of hydrogen-bond acceptors (Lipinski definition) is 3. The van der Waals surface area contributed by atoms with Gasteiger partial charge >= 0.3 is 0 Å². The molecule has 0 fully saturated rings. The van der Waals surface area contributed by atoms with Crippen molar-refractivity contribution in [1.82, 2.24) is 0 Å². The van der Waals surface area contributed by atoms with E-state index < -0.39 is 10.1 Å². The van der Waals surface area contributed by atoms with E-state index >= 15 is 0 Å². The molecule has 0 aromatic carbocycles. The van der Waals surface area contributed by atoms with E-state index in [2.05, 4.69) is 32.1 Å². The maximum Gasteiger partial charge on any atom is 0.297 e. The third-order valence-corrected chi connectivity index (χ3v) is 5.77. The predicted octanol–water partition coefficient (Wildman–Crippen LogP) is 6.02. The first kappa shape index (κ1) is 28.0. The van der Waals surface area contributed by atoms with Gasteiger partial charge in [-0.2, -0.15) is 8.42 Å². The molecule has 0 heterocycles. The van der Waals surface area contributed by atoms with E-state index in [1.807, 2.05) is 6.92 Å². The zero-order valence-electron chi connectivity index (χ0n) is 18.1. The minimum atomic E-state index is -3.85. The molecule has 0 bridgehead atoms. The van der Waals surface area contributed by atoms with Gasteiger partial charge in [-0.25, -0.2) is 0 Å². The van der Waals surface area contributed by atoms with Gasteiger partial charge in [0.2, 0.25) is 0 Å². The lowest BCUT2D eigenvalue weighted by atomic mass is 10.1. The molecule has 0 radical (unpaired) electrons. The summed E-state index contributed by atoms with van der Waals surface area (Å²) in [4.78, 5) is 0. The van der Waals surface area contributed by atoms with Gasteiger partial charge in [-0.1, -0.05) is 71.1 Å². The fourth-order valence-corrected chi connectivity index (χ4v) is 3.70. The van der Waals surface area contributed by atoms with Crippen molar-refractivity contribution in [3.8, 4) is 0 Å². The summed E-state index contributed by atoms with van der Waals surface area (Å²) < 4.78 is 35.5. The molecule has 0 rings (SSSR count). The maximum absolute atomic E-state index is 11.0. The van der Waals surface area contributed by atoms with Crippen molar-refractivity contribution in [1.29, 1.82) is 0 Å². The summed E-state index contributed by atoms with van der Waals surface area (Å²) in [6.45, 7) is 16.8. The van der Waals surface area contributed by atoms with Gasteiger partial charge in [-0.3, -0.25) is 0 Å². The van der Waals surface area contributed by atoms with Crippen molar-refractivity contribution in [2.45, 2.75) is 98.8 Å². The molecule has 0 aliphatic carbocycles. The van der Waals surface area contributed by atoms with E-state index in [9.17, 15) is 12.9 Å². The molecular formula is C20H45FNO3S+. The zero-order valence-corrected chi connectivity index (χ0v) is 18.9. The highest BCUT2D eigenvalue weighted by molar-refractivity contribution is 7.86. The Hall–Kier alpha value is -0.200. The molecule has 0 saturated carbocycles. The van der Waals surface area contributed by atoms with Crippen LogP contribution in [0.15, 0.2) is 0 Å². The van der Waals surface area contributed by atoms with Crippen LogP contribution < -0.4 is 0 Å². The van der Waals surface area contributed by atoms with Crippen molar-refractivity contribution in [2.75, 3.05) is 31.9 Å². The smallest absolute Gasteiger partial charge is 0.297 e. The first-order valence-electron chi connectivity index (χ1n) is 10.7. The van der Waals surface area contributed by atoms with Crippen LogP contribution in [0, 0.1) is 0 Å². The van der Waals surface area contributed by atoms with Gasteiger partial charge in [0.15, 0.2) is 0 Å². The Bertz CT molecular complexity index is 351. The Morgan fingerprint density at radius 1 is 0.654 bits per heavy atom. The quantitative estimate of drug-likeness (QED) is 0.299. The Morgan fingerprint density at radius 2 is 0.962 bits per heavy atom. The maximum atomic E-state index is 11.0. The number of rotatable bonds is 16. The van der Waals surface area contributed by atoms with E-state index in [0.29, 0.717) is 12.8 Å². The van der Waals surface area contributed by atoms with E-state index in [1.165, 1.54) is 82.0 Å². The average molecular weight is 399 g/mol. The molecular weight excluding hydrogens is 353 g/mol. The van der Waals surface area contributed by atoms with Gasteiger partial charge < -0.3 is 4.48 Å². The van der Waals surface area contributed by atoms with Crippen LogP contribution in [0.2, 0.25) is 0 Å². The highest BCUT2D eigenvalue weighted by atomic mass is 32.2. The SMILES string of the molecule is CCCCS(=O)(=O)OF.CCCC[N+](CCCC)(CCCC)CCCC. The van der Waals surface area contributed by atoms with Crippen LogP contribution >= 0.6 is 0 Å². The standard InChI is InChI=1S/C16H36N.C4H9FO3S/c1-5-9-13-17(14-10-6-2,15-11-7-3)16-12-8-4;1-2-3-4-9(6,7)8-5/h5-16H2,1-4H3;2-4H2,1H3/q+1;. The summed E-state index contributed by atoms with van der Waals surface area (Å²) in [5, 5.41) is 0.